The summed E-state index contributed by atoms with van der Waals surface area (Å²) in [6, 6.07) is 14.6. The van der Waals surface area contributed by atoms with E-state index < -0.39 is 16.0 Å². The summed E-state index contributed by atoms with van der Waals surface area (Å²) in [5.74, 6) is -0.564. The highest BCUT2D eigenvalue weighted by atomic mass is 32.2. The van der Waals surface area contributed by atoms with Crippen LogP contribution in [0.1, 0.15) is 33.8 Å². The van der Waals surface area contributed by atoms with Crippen molar-refractivity contribution in [1.82, 2.24) is 0 Å². The lowest BCUT2D eigenvalue weighted by Crippen LogP contribution is -2.25. The molecule has 0 saturated heterocycles. The molecule has 0 aliphatic heterocycles. The van der Waals surface area contributed by atoms with Crippen molar-refractivity contribution < 1.29 is 23.1 Å². The maximum atomic E-state index is 12.0. The van der Waals surface area contributed by atoms with Crippen LogP contribution in [-0.2, 0) is 21.2 Å². The lowest BCUT2D eigenvalue weighted by Gasteiger charge is -2.19. The van der Waals surface area contributed by atoms with Crippen LogP contribution in [0.15, 0.2) is 48.5 Å². The number of ether oxygens (including phenoxy) is 1. The van der Waals surface area contributed by atoms with Crippen molar-refractivity contribution in [3.63, 3.8) is 0 Å². The van der Waals surface area contributed by atoms with Crippen molar-refractivity contribution in [2.45, 2.75) is 18.8 Å². The summed E-state index contributed by atoms with van der Waals surface area (Å²) in [6.07, 6.45) is 2.34. The number of esters is 1. The number of methoxy groups -OCH3 is 1. The van der Waals surface area contributed by atoms with Crippen molar-refractivity contribution in [2.24, 2.45) is 0 Å². The SMILES string of the molecule is COC(=O)c1cc(CCC(CO)c2ccccc2)cc(N(C)S(C)(=O)=O)c1. The standard InChI is InChI=1S/C20H25NO5S/c1-21(27(3,24)25)19-12-15(11-18(13-19)20(23)26-2)9-10-17(14-22)16-7-5-4-6-8-16/h4-8,11-13,17,22H,9-10,14H2,1-3H3. The van der Waals surface area contributed by atoms with E-state index in [0.29, 0.717) is 24.1 Å². The highest BCUT2D eigenvalue weighted by Gasteiger charge is 2.17. The van der Waals surface area contributed by atoms with Gasteiger partial charge in [-0.2, -0.15) is 0 Å². The van der Waals surface area contributed by atoms with E-state index in [0.717, 1.165) is 21.7 Å². The fourth-order valence-electron chi connectivity index (χ4n) is 2.86. The molecule has 0 aromatic heterocycles. The normalized spacial score (nSPS) is 12.4. The zero-order valence-corrected chi connectivity index (χ0v) is 16.6. The minimum absolute atomic E-state index is 0.0107. The molecule has 2 rings (SSSR count). The number of anilines is 1. The summed E-state index contributed by atoms with van der Waals surface area (Å²) in [5.41, 5.74) is 2.53. The lowest BCUT2D eigenvalue weighted by molar-refractivity contribution is 0.0600. The monoisotopic (exact) mass is 391 g/mol. The van der Waals surface area contributed by atoms with Crippen molar-refractivity contribution in [3.8, 4) is 0 Å². The molecule has 0 aliphatic carbocycles. The second-order valence-electron chi connectivity index (χ2n) is 6.44. The molecule has 2 aromatic rings. The van der Waals surface area contributed by atoms with Gasteiger partial charge in [0, 0.05) is 19.6 Å². The number of aliphatic hydroxyl groups excluding tert-OH is 1. The van der Waals surface area contributed by atoms with Crippen LogP contribution in [0, 0.1) is 0 Å². The highest BCUT2D eigenvalue weighted by molar-refractivity contribution is 7.92. The van der Waals surface area contributed by atoms with Crippen LogP contribution >= 0.6 is 0 Å². The van der Waals surface area contributed by atoms with Gasteiger partial charge < -0.3 is 9.84 Å². The smallest absolute Gasteiger partial charge is 0.337 e. The number of hydrogen-bond donors (Lipinski definition) is 1. The van der Waals surface area contributed by atoms with Gasteiger partial charge in [0.1, 0.15) is 0 Å². The van der Waals surface area contributed by atoms with Crippen LogP contribution in [0.4, 0.5) is 5.69 Å². The first-order valence-electron chi connectivity index (χ1n) is 8.58. The quantitative estimate of drug-likeness (QED) is 0.699. The van der Waals surface area contributed by atoms with Gasteiger partial charge in [-0.1, -0.05) is 30.3 Å². The van der Waals surface area contributed by atoms with Gasteiger partial charge in [0.15, 0.2) is 0 Å². The molecule has 0 aliphatic rings. The Kier molecular flexibility index (Phi) is 6.98. The number of rotatable bonds is 8. The summed E-state index contributed by atoms with van der Waals surface area (Å²) >= 11 is 0. The number of aryl methyl sites for hydroxylation is 1. The molecule has 0 bridgehead atoms. The average molecular weight is 391 g/mol. The molecule has 0 radical (unpaired) electrons. The number of nitrogens with zero attached hydrogens (tertiary/aromatic N) is 1. The highest BCUT2D eigenvalue weighted by Crippen LogP contribution is 2.25. The van der Waals surface area contributed by atoms with E-state index in [1.54, 1.807) is 12.1 Å². The van der Waals surface area contributed by atoms with Crippen LogP contribution in [0.3, 0.4) is 0 Å². The fraction of sp³-hybridized carbons (Fsp3) is 0.350. The molecule has 2 aromatic carbocycles. The van der Waals surface area contributed by atoms with E-state index in [1.807, 2.05) is 30.3 Å². The number of hydrogen-bond acceptors (Lipinski definition) is 5. The number of carbonyl (C=O) groups is 1. The second-order valence-corrected chi connectivity index (χ2v) is 8.45. The molecule has 7 heteroatoms. The van der Waals surface area contributed by atoms with E-state index in [1.165, 1.54) is 20.2 Å². The molecule has 0 heterocycles. The average Bonchev–Trinajstić information content (AvgIpc) is 2.67. The Morgan fingerprint density at radius 2 is 1.85 bits per heavy atom. The van der Waals surface area contributed by atoms with Crippen molar-refractivity contribution >= 4 is 21.7 Å². The van der Waals surface area contributed by atoms with E-state index in [2.05, 4.69) is 0 Å². The Balaban J connectivity index is 2.30. The van der Waals surface area contributed by atoms with Gasteiger partial charge >= 0.3 is 5.97 Å². The van der Waals surface area contributed by atoms with Crippen molar-refractivity contribution in [1.29, 1.82) is 0 Å². The van der Waals surface area contributed by atoms with Gasteiger partial charge in [-0.3, -0.25) is 4.31 Å². The summed E-state index contributed by atoms with van der Waals surface area (Å²) in [6.45, 7) is 0.0107. The molecular formula is C20H25NO5S. The lowest BCUT2D eigenvalue weighted by atomic mass is 9.92. The molecule has 0 fully saturated rings. The first kappa shape index (κ1) is 20.9. The van der Waals surface area contributed by atoms with E-state index in [9.17, 15) is 18.3 Å². The predicted octanol–water partition coefficient (Wildman–Crippen LogP) is 2.58. The molecule has 0 spiro atoms. The minimum Gasteiger partial charge on any atom is -0.465 e. The summed E-state index contributed by atoms with van der Waals surface area (Å²) in [5, 5.41) is 9.73. The minimum atomic E-state index is -3.46. The Morgan fingerprint density at radius 1 is 1.19 bits per heavy atom. The fourth-order valence-corrected chi connectivity index (χ4v) is 3.35. The number of aliphatic hydroxyl groups is 1. The van der Waals surface area contributed by atoms with E-state index >= 15 is 0 Å². The van der Waals surface area contributed by atoms with Gasteiger partial charge in [0.05, 0.1) is 24.6 Å². The van der Waals surface area contributed by atoms with Gasteiger partial charge in [-0.05, 0) is 42.2 Å². The maximum Gasteiger partial charge on any atom is 0.337 e. The van der Waals surface area contributed by atoms with Crippen LogP contribution in [0.25, 0.3) is 0 Å². The molecule has 6 nitrogen and oxygen atoms in total. The molecule has 1 unspecified atom stereocenters. The van der Waals surface area contributed by atoms with E-state index in [4.69, 9.17) is 4.74 Å². The van der Waals surface area contributed by atoms with Gasteiger partial charge in [0.25, 0.3) is 0 Å². The Hall–Kier alpha value is -2.38. The predicted molar refractivity (Wildman–Crippen MR) is 106 cm³/mol. The topological polar surface area (TPSA) is 83.9 Å². The third-order valence-corrected chi connectivity index (χ3v) is 5.74. The summed E-state index contributed by atoms with van der Waals surface area (Å²) < 4.78 is 29.6. The van der Waals surface area contributed by atoms with Crippen molar-refractivity contribution in [2.75, 3.05) is 31.3 Å². The van der Waals surface area contributed by atoms with Crippen molar-refractivity contribution in [3.05, 3.63) is 65.2 Å². The molecule has 1 atom stereocenters. The second kappa shape index (κ2) is 9.01. The first-order valence-corrected chi connectivity index (χ1v) is 10.4. The molecule has 27 heavy (non-hydrogen) atoms. The largest absolute Gasteiger partial charge is 0.465 e. The summed E-state index contributed by atoms with van der Waals surface area (Å²) in [4.78, 5) is 12.0. The third-order valence-electron chi connectivity index (χ3n) is 4.53. The number of sulfonamides is 1. The maximum absolute atomic E-state index is 12.0. The van der Waals surface area contributed by atoms with E-state index in [-0.39, 0.29) is 12.5 Å². The Bertz CT molecular complexity index is 881. The molecule has 1 N–H and O–H groups in total. The Morgan fingerprint density at radius 3 is 2.41 bits per heavy atom. The van der Waals surface area contributed by atoms with Gasteiger partial charge in [0.2, 0.25) is 10.0 Å². The zero-order chi connectivity index (χ0) is 20.0. The van der Waals surface area contributed by atoms with Crippen LogP contribution in [0.2, 0.25) is 0 Å². The molecule has 0 amide bonds. The van der Waals surface area contributed by atoms with Crippen LogP contribution < -0.4 is 4.31 Å². The summed E-state index contributed by atoms with van der Waals surface area (Å²) in [7, 11) is -0.735. The number of carbonyl (C=O) groups excluding carboxylic acids is 1. The molecule has 0 saturated carbocycles. The molecule has 146 valence electrons. The first-order chi connectivity index (χ1) is 12.8. The van der Waals surface area contributed by atoms with Gasteiger partial charge in [-0.15, -0.1) is 0 Å². The third kappa shape index (κ3) is 5.55. The van der Waals surface area contributed by atoms with Gasteiger partial charge in [-0.25, -0.2) is 13.2 Å². The number of benzene rings is 2. The Labute approximate surface area is 160 Å². The zero-order valence-electron chi connectivity index (χ0n) is 15.8. The molecular weight excluding hydrogens is 366 g/mol. The van der Waals surface area contributed by atoms with Crippen LogP contribution in [0.5, 0.6) is 0 Å². The van der Waals surface area contributed by atoms with Crippen LogP contribution in [-0.4, -0.2) is 46.5 Å².